The maximum absolute atomic E-state index is 11.6. The summed E-state index contributed by atoms with van der Waals surface area (Å²) in [4.78, 5) is 29.0. The second kappa shape index (κ2) is 8.76. The van der Waals surface area contributed by atoms with Gasteiger partial charge in [-0.25, -0.2) is 4.98 Å². The van der Waals surface area contributed by atoms with Crippen molar-refractivity contribution in [3.05, 3.63) is 23.9 Å². The predicted octanol–water partition coefficient (Wildman–Crippen LogP) is 1.15. The Morgan fingerprint density at radius 1 is 1.35 bits per heavy atom. The van der Waals surface area contributed by atoms with Gasteiger partial charge in [0.15, 0.2) is 0 Å². The summed E-state index contributed by atoms with van der Waals surface area (Å²) in [6.07, 6.45) is 4.23. The Kier molecular flexibility index (Phi) is 6.70. The number of primary amides is 1. The summed E-state index contributed by atoms with van der Waals surface area (Å²) in [6.45, 7) is 4.85. The van der Waals surface area contributed by atoms with Gasteiger partial charge in [-0.2, -0.15) is 0 Å². The lowest BCUT2D eigenvalue weighted by Gasteiger charge is -2.31. The highest BCUT2D eigenvalue weighted by Gasteiger charge is 2.16. The van der Waals surface area contributed by atoms with Crippen molar-refractivity contribution in [2.24, 2.45) is 11.7 Å². The highest BCUT2D eigenvalue weighted by molar-refractivity contribution is 8.00. The number of anilines is 1. The maximum atomic E-state index is 11.6. The monoisotopic (exact) mass is 336 g/mol. The number of hydrogen-bond donors (Lipinski definition) is 2. The Labute approximate surface area is 141 Å². The van der Waals surface area contributed by atoms with Gasteiger partial charge in [0.2, 0.25) is 11.8 Å². The Hall–Kier alpha value is -1.76. The van der Waals surface area contributed by atoms with E-state index >= 15 is 0 Å². The van der Waals surface area contributed by atoms with E-state index in [1.807, 2.05) is 18.3 Å². The van der Waals surface area contributed by atoms with Crippen LogP contribution in [0.5, 0.6) is 0 Å². The Morgan fingerprint density at radius 3 is 2.70 bits per heavy atom. The molecule has 0 radical (unpaired) electrons. The van der Waals surface area contributed by atoms with Gasteiger partial charge in [0.25, 0.3) is 0 Å². The lowest BCUT2D eigenvalue weighted by Crippen LogP contribution is -2.33. The molecule has 0 unspecified atom stereocenters. The third kappa shape index (κ3) is 6.09. The van der Waals surface area contributed by atoms with Gasteiger partial charge >= 0.3 is 0 Å². The van der Waals surface area contributed by atoms with E-state index in [1.165, 1.54) is 24.6 Å². The van der Waals surface area contributed by atoms with Crippen LogP contribution < -0.4 is 16.0 Å². The summed E-state index contributed by atoms with van der Waals surface area (Å²) < 4.78 is 0. The summed E-state index contributed by atoms with van der Waals surface area (Å²) in [5, 5.41) is 2.81. The number of carbonyl (C=O) groups excluding carboxylic acids is 2. The average molecular weight is 336 g/mol. The average Bonchev–Trinajstić information content (AvgIpc) is 2.54. The van der Waals surface area contributed by atoms with Crippen LogP contribution in [-0.4, -0.2) is 41.4 Å². The first kappa shape index (κ1) is 17.6. The summed E-state index contributed by atoms with van der Waals surface area (Å²) in [7, 11) is 0. The van der Waals surface area contributed by atoms with Crippen molar-refractivity contribution < 1.29 is 9.59 Å². The van der Waals surface area contributed by atoms with Gasteiger partial charge in [-0.15, -0.1) is 11.8 Å². The first-order valence-corrected chi connectivity index (χ1v) is 9.02. The van der Waals surface area contributed by atoms with Crippen LogP contribution in [0.1, 0.15) is 25.3 Å². The number of amides is 2. The number of rotatable bonds is 7. The normalized spacial score (nSPS) is 15.4. The van der Waals surface area contributed by atoms with Crippen LogP contribution in [0.3, 0.4) is 0 Å². The lowest BCUT2D eigenvalue weighted by atomic mass is 9.99. The molecule has 1 saturated heterocycles. The summed E-state index contributed by atoms with van der Waals surface area (Å²) in [5.74, 6) is 1.69. The maximum Gasteiger partial charge on any atom is 0.230 e. The SMILES string of the molecule is CC1CCN(c2ccc(CNC(=O)CSCC(N)=O)cn2)CC1. The number of nitrogens with one attached hydrogen (secondary N) is 1. The van der Waals surface area contributed by atoms with Crippen molar-refractivity contribution in [3.63, 3.8) is 0 Å². The van der Waals surface area contributed by atoms with Crippen molar-refractivity contribution >= 4 is 29.4 Å². The van der Waals surface area contributed by atoms with Crippen molar-refractivity contribution in [1.82, 2.24) is 10.3 Å². The summed E-state index contributed by atoms with van der Waals surface area (Å²) in [5.41, 5.74) is 5.99. The zero-order chi connectivity index (χ0) is 16.7. The third-order valence-electron chi connectivity index (χ3n) is 3.88. The van der Waals surface area contributed by atoms with Crippen LogP contribution in [-0.2, 0) is 16.1 Å². The molecule has 0 spiro atoms. The van der Waals surface area contributed by atoms with E-state index in [9.17, 15) is 9.59 Å². The minimum Gasteiger partial charge on any atom is -0.369 e. The molecule has 3 N–H and O–H groups in total. The molecule has 1 aliphatic rings. The largest absolute Gasteiger partial charge is 0.369 e. The standard InChI is InChI=1S/C16H24N4O2S/c1-12-4-6-20(7-5-12)15-3-2-13(8-18-15)9-19-16(22)11-23-10-14(17)21/h2-3,8,12H,4-7,9-11H2,1H3,(H2,17,21)(H,19,22). The van der Waals surface area contributed by atoms with E-state index in [0.717, 1.165) is 30.4 Å². The number of piperidine rings is 1. The topological polar surface area (TPSA) is 88.3 Å². The number of nitrogens with zero attached hydrogens (tertiary/aromatic N) is 2. The minimum atomic E-state index is -0.408. The number of thioether (sulfide) groups is 1. The van der Waals surface area contributed by atoms with E-state index in [1.54, 1.807) is 0 Å². The number of aromatic nitrogens is 1. The molecule has 0 aromatic carbocycles. The highest BCUT2D eigenvalue weighted by Crippen LogP contribution is 2.21. The van der Waals surface area contributed by atoms with Crippen LogP contribution in [0.15, 0.2) is 18.3 Å². The van der Waals surface area contributed by atoms with Crippen LogP contribution in [0.4, 0.5) is 5.82 Å². The van der Waals surface area contributed by atoms with E-state index < -0.39 is 5.91 Å². The fraction of sp³-hybridized carbons (Fsp3) is 0.562. The fourth-order valence-corrected chi connectivity index (χ4v) is 3.03. The molecule has 1 aromatic rings. The number of pyridine rings is 1. The van der Waals surface area contributed by atoms with Gasteiger partial charge in [0.1, 0.15) is 5.82 Å². The third-order valence-corrected chi connectivity index (χ3v) is 4.84. The molecular weight excluding hydrogens is 312 g/mol. The molecule has 0 aliphatic carbocycles. The molecule has 2 rings (SSSR count). The molecule has 1 aliphatic heterocycles. The highest BCUT2D eigenvalue weighted by atomic mass is 32.2. The van der Waals surface area contributed by atoms with Crippen LogP contribution >= 0.6 is 11.8 Å². The van der Waals surface area contributed by atoms with E-state index in [0.29, 0.717) is 6.54 Å². The fourth-order valence-electron chi connectivity index (χ4n) is 2.44. The van der Waals surface area contributed by atoms with Crippen molar-refractivity contribution in [2.75, 3.05) is 29.5 Å². The van der Waals surface area contributed by atoms with Gasteiger partial charge in [-0.1, -0.05) is 13.0 Å². The molecule has 1 aromatic heterocycles. The zero-order valence-electron chi connectivity index (χ0n) is 13.5. The smallest absolute Gasteiger partial charge is 0.230 e. The number of nitrogens with two attached hydrogens (primary N) is 1. The molecular formula is C16H24N4O2S. The number of carbonyl (C=O) groups is 2. The second-order valence-corrected chi connectivity index (χ2v) is 6.92. The van der Waals surface area contributed by atoms with Crippen LogP contribution in [0.2, 0.25) is 0 Å². The number of hydrogen-bond acceptors (Lipinski definition) is 5. The predicted molar refractivity (Wildman–Crippen MR) is 93.2 cm³/mol. The van der Waals surface area contributed by atoms with Gasteiger partial charge in [0.05, 0.1) is 11.5 Å². The van der Waals surface area contributed by atoms with Crippen LogP contribution in [0.25, 0.3) is 0 Å². The van der Waals surface area contributed by atoms with Crippen molar-refractivity contribution in [1.29, 1.82) is 0 Å². The molecule has 0 saturated carbocycles. The molecule has 6 nitrogen and oxygen atoms in total. The second-order valence-electron chi connectivity index (χ2n) is 5.93. The quantitative estimate of drug-likeness (QED) is 0.780. The van der Waals surface area contributed by atoms with Crippen molar-refractivity contribution in [2.45, 2.75) is 26.3 Å². The first-order valence-electron chi connectivity index (χ1n) is 7.87. The van der Waals surface area contributed by atoms with E-state index in [4.69, 9.17) is 5.73 Å². The van der Waals surface area contributed by atoms with Gasteiger partial charge in [-0.05, 0) is 30.4 Å². The molecule has 0 atom stereocenters. The molecule has 1 fully saturated rings. The van der Waals surface area contributed by atoms with Crippen molar-refractivity contribution in [3.8, 4) is 0 Å². The van der Waals surface area contributed by atoms with Gasteiger partial charge < -0.3 is 16.0 Å². The minimum absolute atomic E-state index is 0.106. The molecule has 23 heavy (non-hydrogen) atoms. The van der Waals surface area contributed by atoms with Gasteiger partial charge in [0, 0.05) is 25.8 Å². The Bertz CT molecular complexity index is 527. The van der Waals surface area contributed by atoms with E-state index in [-0.39, 0.29) is 17.4 Å². The van der Waals surface area contributed by atoms with Gasteiger partial charge in [-0.3, -0.25) is 9.59 Å². The molecule has 126 valence electrons. The van der Waals surface area contributed by atoms with Crippen LogP contribution in [0, 0.1) is 5.92 Å². The molecule has 2 heterocycles. The summed E-state index contributed by atoms with van der Waals surface area (Å²) in [6, 6.07) is 4.01. The van der Waals surface area contributed by atoms with E-state index in [2.05, 4.69) is 22.1 Å². The molecule has 7 heteroatoms. The Morgan fingerprint density at radius 2 is 2.09 bits per heavy atom. The Balaban J connectivity index is 1.74. The first-order chi connectivity index (χ1) is 11.0. The summed E-state index contributed by atoms with van der Waals surface area (Å²) >= 11 is 1.22. The zero-order valence-corrected chi connectivity index (χ0v) is 14.3. The molecule has 0 bridgehead atoms. The lowest BCUT2D eigenvalue weighted by molar-refractivity contribution is -0.118. The molecule has 2 amide bonds.